The topological polar surface area (TPSA) is 72.7 Å². The molecule has 0 aliphatic heterocycles. The number of nitrogens with zero attached hydrogens (tertiary/aromatic N) is 4. The second kappa shape index (κ2) is 8.56. The van der Waals surface area contributed by atoms with Crippen molar-refractivity contribution < 1.29 is 4.79 Å². The van der Waals surface area contributed by atoms with Crippen molar-refractivity contribution in [3.8, 4) is 17.1 Å². The highest BCUT2D eigenvalue weighted by atomic mass is 79.9. The number of nitrogens with one attached hydrogen (secondary N) is 1. The standard InChI is InChI=1S/C26H24BrN5O/c1-17-4-5-18(2)32(17)25-29-14-20(15-30-25)19-6-8-21(9-7-19)26(12-3-13-26)24(33)31-23-11-10-22(27)16-28-23/h4-11,14-16H,3,12-13H2,1-2H3,(H,28,31,33). The lowest BCUT2D eigenvalue weighted by atomic mass is 9.63. The van der Waals surface area contributed by atoms with Gasteiger partial charge in [0.05, 0.1) is 5.41 Å². The van der Waals surface area contributed by atoms with Gasteiger partial charge in [0.1, 0.15) is 5.82 Å². The molecule has 6 nitrogen and oxygen atoms in total. The zero-order valence-electron chi connectivity index (χ0n) is 18.5. The summed E-state index contributed by atoms with van der Waals surface area (Å²) in [5.74, 6) is 1.24. The SMILES string of the molecule is Cc1ccc(C)n1-c1ncc(-c2ccc(C3(C(=O)Nc4ccc(Br)cn4)CCC3)cc2)cn1. The zero-order chi connectivity index (χ0) is 23.0. The quantitative estimate of drug-likeness (QED) is 0.376. The fraction of sp³-hybridized carbons (Fsp3) is 0.231. The number of anilines is 1. The van der Waals surface area contributed by atoms with Crippen molar-refractivity contribution in [2.45, 2.75) is 38.5 Å². The highest BCUT2D eigenvalue weighted by Crippen LogP contribution is 2.45. The van der Waals surface area contributed by atoms with Gasteiger partial charge in [-0.25, -0.2) is 15.0 Å². The van der Waals surface area contributed by atoms with Gasteiger partial charge in [0.15, 0.2) is 0 Å². The Morgan fingerprint density at radius 3 is 2.09 bits per heavy atom. The summed E-state index contributed by atoms with van der Waals surface area (Å²) >= 11 is 3.37. The molecule has 0 unspecified atom stereocenters. The molecule has 1 aliphatic rings. The fourth-order valence-electron chi connectivity index (χ4n) is 4.41. The van der Waals surface area contributed by atoms with E-state index in [0.717, 1.165) is 51.8 Å². The number of rotatable bonds is 5. The molecular formula is C26H24BrN5O. The van der Waals surface area contributed by atoms with Crippen LogP contribution in [0.5, 0.6) is 0 Å². The molecule has 1 N–H and O–H groups in total. The van der Waals surface area contributed by atoms with Gasteiger partial charge in [-0.3, -0.25) is 9.36 Å². The first-order valence-electron chi connectivity index (χ1n) is 11.0. The molecule has 33 heavy (non-hydrogen) atoms. The number of carbonyl (C=O) groups is 1. The summed E-state index contributed by atoms with van der Waals surface area (Å²) in [7, 11) is 0. The number of aromatic nitrogens is 4. The summed E-state index contributed by atoms with van der Waals surface area (Å²) < 4.78 is 2.91. The molecule has 1 fully saturated rings. The molecule has 0 spiro atoms. The highest BCUT2D eigenvalue weighted by molar-refractivity contribution is 9.10. The van der Waals surface area contributed by atoms with E-state index in [0.29, 0.717) is 11.8 Å². The van der Waals surface area contributed by atoms with Crippen LogP contribution in [0.2, 0.25) is 0 Å². The minimum atomic E-state index is -0.503. The van der Waals surface area contributed by atoms with Crippen LogP contribution >= 0.6 is 15.9 Å². The zero-order valence-corrected chi connectivity index (χ0v) is 20.1. The summed E-state index contributed by atoms with van der Waals surface area (Å²) in [4.78, 5) is 26.6. The largest absolute Gasteiger partial charge is 0.310 e. The Balaban J connectivity index is 1.36. The summed E-state index contributed by atoms with van der Waals surface area (Å²) in [6.07, 6.45) is 8.09. The molecule has 166 valence electrons. The molecule has 1 saturated carbocycles. The Bertz CT molecular complexity index is 1270. The Labute approximate surface area is 201 Å². The minimum Gasteiger partial charge on any atom is -0.310 e. The van der Waals surface area contributed by atoms with Crippen LogP contribution in [0.4, 0.5) is 5.82 Å². The van der Waals surface area contributed by atoms with E-state index in [4.69, 9.17) is 0 Å². The van der Waals surface area contributed by atoms with Crippen molar-refractivity contribution in [3.63, 3.8) is 0 Å². The Hall–Kier alpha value is -3.32. The van der Waals surface area contributed by atoms with Crippen LogP contribution in [-0.4, -0.2) is 25.4 Å². The van der Waals surface area contributed by atoms with Gasteiger partial charge in [-0.15, -0.1) is 0 Å². The number of carbonyl (C=O) groups excluding carboxylic acids is 1. The van der Waals surface area contributed by atoms with Crippen molar-refractivity contribution in [1.29, 1.82) is 0 Å². The van der Waals surface area contributed by atoms with Crippen LogP contribution < -0.4 is 5.32 Å². The van der Waals surface area contributed by atoms with Crippen LogP contribution in [0.15, 0.2) is 71.6 Å². The fourth-order valence-corrected chi connectivity index (χ4v) is 4.65. The molecule has 3 aromatic heterocycles. The second-order valence-electron chi connectivity index (χ2n) is 8.55. The van der Waals surface area contributed by atoms with Crippen molar-refractivity contribution in [3.05, 3.63) is 88.5 Å². The Morgan fingerprint density at radius 1 is 0.879 bits per heavy atom. The smallest absolute Gasteiger partial charge is 0.236 e. The molecule has 0 bridgehead atoms. The van der Waals surface area contributed by atoms with Gasteiger partial charge in [0.2, 0.25) is 11.9 Å². The van der Waals surface area contributed by atoms with E-state index < -0.39 is 5.41 Å². The van der Waals surface area contributed by atoms with Crippen molar-refractivity contribution in [2.24, 2.45) is 0 Å². The predicted molar refractivity (Wildman–Crippen MR) is 132 cm³/mol. The van der Waals surface area contributed by atoms with Crippen LogP contribution in [-0.2, 0) is 10.2 Å². The van der Waals surface area contributed by atoms with Gasteiger partial charge in [-0.2, -0.15) is 0 Å². The predicted octanol–water partition coefficient (Wildman–Crippen LogP) is 5.77. The van der Waals surface area contributed by atoms with Crippen LogP contribution in [0.1, 0.15) is 36.2 Å². The first-order chi connectivity index (χ1) is 16.0. The number of halogens is 1. The van der Waals surface area contributed by atoms with E-state index in [1.165, 1.54) is 0 Å². The highest BCUT2D eigenvalue weighted by Gasteiger charge is 2.45. The lowest BCUT2D eigenvalue weighted by molar-refractivity contribution is -0.124. The summed E-state index contributed by atoms with van der Waals surface area (Å²) in [5.41, 5.74) is 4.70. The van der Waals surface area contributed by atoms with Crippen LogP contribution in [0, 0.1) is 13.8 Å². The minimum absolute atomic E-state index is 0.00136. The second-order valence-corrected chi connectivity index (χ2v) is 9.47. The number of benzene rings is 1. The monoisotopic (exact) mass is 501 g/mol. The van der Waals surface area contributed by atoms with Gasteiger partial charge >= 0.3 is 0 Å². The Morgan fingerprint density at radius 2 is 1.55 bits per heavy atom. The summed E-state index contributed by atoms with van der Waals surface area (Å²) in [6, 6.07) is 16.0. The molecule has 1 amide bonds. The number of amides is 1. The molecule has 4 aromatic rings. The van der Waals surface area contributed by atoms with E-state index in [1.54, 1.807) is 12.3 Å². The summed E-state index contributed by atoms with van der Waals surface area (Å²) in [6.45, 7) is 4.09. The lowest BCUT2D eigenvalue weighted by Crippen LogP contribution is -2.46. The van der Waals surface area contributed by atoms with E-state index in [2.05, 4.69) is 60.5 Å². The molecule has 0 atom stereocenters. The van der Waals surface area contributed by atoms with E-state index in [-0.39, 0.29) is 5.91 Å². The van der Waals surface area contributed by atoms with Crippen molar-refractivity contribution in [2.75, 3.05) is 5.32 Å². The maximum atomic E-state index is 13.2. The molecule has 0 saturated heterocycles. The van der Waals surface area contributed by atoms with Crippen molar-refractivity contribution in [1.82, 2.24) is 19.5 Å². The normalized spacial score (nSPS) is 14.5. The number of hydrogen-bond acceptors (Lipinski definition) is 4. The lowest BCUT2D eigenvalue weighted by Gasteiger charge is -2.40. The van der Waals surface area contributed by atoms with Gasteiger partial charge in [-0.05, 0) is 78.0 Å². The average Bonchev–Trinajstić information content (AvgIpc) is 3.13. The van der Waals surface area contributed by atoms with Gasteiger partial charge < -0.3 is 5.32 Å². The third-order valence-corrected chi connectivity index (χ3v) is 6.96. The van der Waals surface area contributed by atoms with Gasteiger partial charge in [0.25, 0.3) is 0 Å². The number of pyridine rings is 1. The molecule has 1 aromatic carbocycles. The molecule has 0 radical (unpaired) electrons. The third-order valence-electron chi connectivity index (χ3n) is 6.49. The molecule has 7 heteroatoms. The van der Waals surface area contributed by atoms with E-state index >= 15 is 0 Å². The Kier molecular flexibility index (Phi) is 5.58. The van der Waals surface area contributed by atoms with Gasteiger partial charge in [0, 0.05) is 40.0 Å². The van der Waals surface area contributed by atoms with Crippen molar-refractivity contribution >= 4 is 27.7 Å². The molecule has 3 heterocycles. The first kappa shape index (κ1) is 21.5. The third kappa shape index (κ3) is 3.97. The summed E-state index contributed by atoms with van der Waals surface area (Å²) in [5, 5.41) is 2.99. The van der Waals surface area contributed by atoms with Crippen LogP contribution in [0.25, 0.3) is 17.1 Å². The first-order valence-corrected chi connectivity index (χ1v) is 11.8. The maximum Gasteiger partial charge on any atom is 0.236 e. The van der Waals surface area contributed by atoms with Gasteiger partial charge in [-0.1, -0.05) is 30.7 Å². The van der Waals surface area contributed by atoms with Crippen LogP contribution in [0.3, 0.4) is 0 Å². The number of hydrogen-bond donors (Lipinski definition) is 1. The van der Waals surface area contributed by atoms with E-state index in [1.807, 2.05) is 49.0 Å². The average molecular weight is 502 g/mol. The molecule has 1 aliphatic carbocycles. The van der Waals surface area contributed by atoms with E-state index in [9.17, 15) is 4.79 Å². The number of aryl methyl sites for hydroxylation is 2. The maximum absolute atomic E-state index is 13.2. The molecular weight excluding hydrogens is 478 g/mol. The molecule has 5 rings (SSSR count).